The van der Waals surface area contributed by atoms with Crippen LogP contribution in [0.3, 0.4) is 0 Å². The highest BCUT2D eigenvalue weighted by Gasteiger charge is 2.51. The zero-order valence-electron chi connectivity index (χ0n) is 10.2. The minimum atomic E-state index is 0.560. The zero-order valence-corrected chi connectivity index (χ0v) is 10.2. The van der Waals surface area contributed by atoms with Crippen LogP contribution in [0, 0.1) is 5.92 Å². The van der Waals surface area contributed by atoms with Crippen LogP contribution in [0.5, 0.6) is 0 Å². The van der Waals surface area contributed by atoms with Crippen LogP contribution in [0.25, 0.3) is 0 Å². The van der Waals surface area contributed by atoms with Gasteiger partial charge in [0.25, 0.3) is 0 Å². The Morgan fingerprint density at radius 3 is 3.00 bits per heavy atom. The standard InChI is InChI=1S/C14H23N/c1-3-11-9-14(2)13-6-4-5-12(13)7-8-15(14)10-11/h11H,3-10H2,1-2H3/p+1/t11-,14+/m0/s1. The van der Waals surface area contributed by atoms with Gasteiger partial charge in [0.2, 0.25) is 0 Å². The SMILES string of the molecule is CC[C@@H]1C[NH+]2CCC3=C(CCC3)[C@@]2(C)C1. The van der Waals surface area contributed by atoms with Crippen LogP contribution in [0.15, 0.2) is 11.1 Å². The van der Waals surface area contributed by atoms with Gasteiger partial charge in [-0.05, 0) is 38.2 Å². The Hall–Kier alpha value is -0.300. The van der Waals surface area contributed by atoms with Gasteiger partial charge in [-0.3, -0.25) is 0 Å². The van der Waals surface area contributed by atoms with Crippen molar-refractivity contribution in [2.45, 2.75) is 57.9 Å². The second-order valence-electron chi connectivity index (χ2n) is 6.05. The highest BCUT2D eigenvalue weighted by Crippen LogP contribution is 2.41. The van der Waals surface area contributed by atoms with Crippen LogP contribution in [0.1, 0.15) is 52.4 Å². The molecule has 0 radical (unpaired) electrons. The fourth-order valence-electron chi connectivity index (χ4n) is 4.42. The van der Waals surface area contributed by atoms with E-state index >= 15 is 0 Å². The highest BCUT2D eigenvalue weighted by atomic mass is 15.2. The Kier molecular flexibility index (Phi) is 2.21. The summed E-state index contributed by atoms with van der Waals surface area (Å²) in [6.45, 7) is 7.79. The molecule has 0 bridgehead atoms. The summed E-state index contributed by atoms with van der Waals surface area (Å²) in [7, 11) is 0. The third-order valence-electron chi connectivity index (χ3n) is 5.32. The molecule has 3 aliphatic rings. The molecule has 15 heavy (non-hydrogen) atoms. The van der Waals surface area contributed by atoms with E-state index in [0.29, 0.717) is 5.54 Å². The fourth-order valence-corrected chi connectivity index (χ4v) is 4.42. The van der Waals surface area contributed by atoms with Crippen LogP contribution in [0.2, 0.25) is 0 Å². The minimum Gasteiger partial charge on any atom is -0.326 e. The van der Waals surface area contributed by atoms with Crippen LogP contribution in [-0.4, -0.2) is 18.6 Å². The van der Waals surface area contributed by atoms with E-state index in [1.165, 1.54) is 51.6 Å². The van der Waals surface area contributed by atoms with E-state index in [9.17, 15) is 0 Å². The van der Waals surface area contributed by atoms with Crippen molar-refractivity contribution in [2.75, 3.05) is 13.1 Å². The van der Waals surface area contributed by atoms with E-state index in [2.05, 4.69) is 13.8 Å². The highest BCUT2D eigenvalue weighted by molar-refractivity contribution is 5.30. The quantitative estimate of drug-likeness (QED) is 0.625. The van der Waals surface area contributed by atoms with Crippen molar-refractivity contribution in [3.8, 4) is 0 Å². The van der Waals surface area contributed by atoms with Crippen molar-refractivity contribution >= 4 is 0 Å². The molecule has 0 aromatic rings. The third-order valence-corrected chi connectivity index (χ3v) is 5.32. The molecule has 0 saturated carbocycles. The van der Waals surface area contributed by atoms with E-state index in [1.807, 2.05) is 16.0 Å². The first kappa shape index (κ1) is 9.89. The molecule has 1 nitrogen and oxygen atoms in total. The maximum absolute atomic E-state index is 2.55. The summed E-state index contributed by atoms with van der Waals surface area (Å²) in [5.41, 5.74) is 4.31. The minimum absolute atomic E-state index is 0.560. The van der Waals surface area contributed by atoms with Gasteiger partial charge in [0.05, 0.1) is 13.1 Å². The fraction of sp³-hybridized carbons (Fsp3) is 0.857. The molecular formula is C14H24N+. The summed E-state index contributed by atoms with van der Waals surface area (Å²) in [6.07, 6.45) is 8.57. The van der Waals surface area contributed by atoms with Gasteiger partial charge in [-0.2, -0.15) is 0 Å². The van der Waals surface area contributed by atoms with Crippen LogP contribution >= 0.6 is 0 Å². The topological polar surface area (TPSA) is 4.44 Å². The van der Waals surface area contributed by atoms with Gasteiger partial charge in [-0.25, -0.2) is 0 Å². The largest absolute Gasteiger partial charge is 0.326 e. The van der Waals surface area contributed by atoms with Crippen LogP contribution < -0.4 is 4.90 Å². The van der Waals surface area contributed by atoms with Gasteiger partial charge in [0.15, 0.2) is 0 Å². The first-order valence-corrected chi connectivity index (χ1v) is 6.80. The molecule has 1 saturated heterocycles. The summed E-state index contributed by atoms with van der Waals surface area (Å²) in [5.74, 6) is 0.998. The number of hydrogen-bond donors (Lipinski definition) is 1. The second kappa shape index (κ2) is 3.35. The normalized spacial score (nSPS) is 44.4. The molecule has 1 aliphatic carbocycles. The smallest absolute Gasteiger partial charge is 0.117 e. The lowest BCUT2D eigenvalue weighted by atomic mass is 9.81. The lowest BCUT2D eigenvalue weighted by Gasteiger charge is -2.38. The summed E-state index contributed by atoms with van der Waals surface area (Å²) in [6, 6.07) is 0. The number of nitrogens with one attached hydrogen (secondary N) is 1. The summed E-state index contributed by atoms with van der Waals surface area (Å²) in [5, 5.41) is 0. The van der Waals surface area contributed by atoms with Crippen molar-refractivity contribution in [1.82, 2.24) is 0 Å². The molecule has 3 rings (SSSR count). The first-order valence-electron chi connectivity index (χ1n) is 6.80. The van der Waals surface area contributed by atoms with Crippen molar-refractivity contribution in [2.24, 2.45) is 5.92 Å². The molecule has 1 unspecified atom stereocenters. The summed E-state index contributed by atoms with van der Waals surface area (Å²) < 4.78 is 0. The van der Waals surface area contributed by atoms with E-state index in [0.717, 1.165) is 5.92 Å². The van der Waals surface area contributed by atoms with E-state index < -0.39 is 0 Å². The maximum atomic E-state index is 2.55. The monoisotopic (exact) mass is 206 g/mol. The zero-order chi connectivity index (χ0) is 10.5. The molecule has 0 spiro atoms. The van der Waals surface area contributed by atoms with E-state index in [4.69, 9.17) is 0 Å². The molecule has 1 fully saturated rings. The van der Waals surface area contributed by atoms with Crippen molar-refractivity contribution in [1.29, 1.82) is 0 Å². The van der Waals surface area contributed by atoms with Gasteiger partial charge in [-0.15, -0.1) is 0 Å². The molecule has 0 amide bonds. The average molecular weight is 206 g/mol. The number of fused-ring (bicyclic) bond motifs is 2. The summed E-state index contributed by atoms with van der Waals surface area (Å²) in [4.78, 5) is 1.91. The average Bonchev–Trinajstić information content (AvgIpc) is 2.80. The molecule has 1 heteroatoms. The molecule has 3 atom stereocenters. The van der Waals surface area contributed by atoms with Gasteiger partial charge in [-0.1, -0.05) is 12.5 Å². The molecule has 0 aromatic heterocycles. The number of hydrogen-bond acceptors (Lipinski definition) is 0. The Balaban J connectivity index is 1.94. The molecule has 1 N–H and O–H groups in total. The van der Waals surface area contributed by atoms with Crippen LogP contribution in [0.4, 0.5) is 0 Å². The van der Waals surface area contributed by atoms with Crippen molar-refractivity contribution in [3.63, 3.8) is 0 Å². The first-order chi connectivity index (χ1) is 7.24. The van der Waals surface area contributed by atoms with Gasteiger partial charge in [0, 0.05) is 18.8 Å². The lowest BCUT2D eigenvalue weighted by Crippen LogP contribution is -3.18. The Morgan fingerprint density at radius 1 is 1.33 bits per heavy atom. The summed E-state index contributed by atoms with van der Waals surface area (Å²) >= 11 is 0. The van der Waals surface area contributed by atoms with Gasteiger partial charge >= 0.3 is 0 Å². The maximum Gasteiger partial charge on any atom is 0.117 e. The predicted octanol–water partition coefficient (Wildman–Crippen LogP) is 1.94. The van der Waals surface area contributed by atoms with Gasteiger partial charge in [0.1, 0.15) is 5.54 Å². The molecule has 0 aromatic carbocycles. The van der Waals surface area contributed by atoms with Gasteiger partial charge < -0.3 is 4.90 Å². The Labute approximate surface area is 93.5 Å². The number of quaternary nitrogens is 1. The van der Waals surface area contributed by atoms with Crippen LogP contribution in [-0.2, 0) is 0 Å². The Morgan fingerprint density at radius 2 is 2.20 bits per heavy atom. The molecule has 2 heterocycles. The predicted molar refractivity (Wildman–Crippen MR) is 63.0 cm³/mol. The van der Waals surface area contributed by atoms with Crippen molar-refractivity contribution in [3.05, 3.63) is 11.1 Å². The van der Waals surface area contributed by atoms with E-state index in [-0.39, 0.29) is 0 Å². The van der Waals surface area contributed by atoms with Crippen molar-refractivity contribution < 1.29 is 4.90 Å². The molecule has 84 valence electrons. The number of rotatable bonds is 1. The van der Waals surface area contributed by atoms with E-state index in [1.54, 1.807) is 0 Å². The second-order valence-corrected chi connectivity index (χ2v) is 6.05. The molecule has 2 aliphatic heterocycles. The Bertz CT molecular complexity index is 304. The lowest BCUT2D eigenvalue weighted by molar-refractivity contribution is -0.934. The molecular weight excluding hydrogens is 182 g/mol. The third kappa shape index (κ3) is 1.32.